The molecule has 0 aliphatic carbocycles. The molecule has 0 spiro atoms. The fraction of sp³-hybridized carbons (Fsp3) is 0.167. The number of rotatable bonds is 3. The summed E-state index contributed by atoms with van der Waals surface area (Å²) in [6.07, 6.45) is 0.916. The summed E-state index contributed by atoms with van der Waals surface area (Å²) in [7, 11) is 0. The summed E-state index contributed by atoms with van der Waals surface area (Å²) in [5, 5.41) is 2.17. The Morgan fingerprint density at radius 3 is 2.80 bits per heavy atom. The number of thiophene rings is 1. The summed E-state index contributed by atoms with van der Waals surface area (Å²) in [5.41, 5.74) is 1.21. The summed E-state index contributed by atoms with van der Waals surface area (Å²) in [4.78, 5) is 1.34. The molecule has 1 heterocycles. The Labute approximate surface area is 112 Å². The van der Waals surface area contributed by atoms with Crippen molar-refractivity contribution in [3.8, 4) is 0 Å². The minimum atomic E-state index is 0.0818. The molecule has 0 amide bonds. The van der Waals surface area contributed by atoms with E-state index in [1.165, 1.54) is 14.0 Å². The minimum absolute atomic E-state index is 0.0818. The van der Waals surface area contributed by atoms with E-state index in [0.29, 0.717) is 0 Å². The highest BCUT2D eigenvalue weighted by molar-refractivity contribution is 14.1. The van der Waals surface area contributed by atoms with Gasteiger partial charge in [-0.3, -0.25) is 0 Å². The van der Waals surface area contributed by atoms with Crippen molar-refractivity contribution >= 4 is 45.5 Å². The molecular formula is C12H10ClIS. The fourth-order valence-electron chi connectivity index (χ4n) is 1.42. The van der Waals surface area contributed by atoms with Crippen molar-refractivity contribution in [1.82, 2.24) is 0 Å². The van der Waals surface area contributed by atoms with Crippen LogP contribution in [-0.4, -0.2) is 0 Å². The first-order valence-corrected chi connectivity index (χ1v) is 7.07. The van der Waals surface area contributed by atoms with Crippen molar-refractivity contribution in [1.29, 1.82) is 0 Å². The lowest BCUT2D eigenvalue weighted by molar-refractivity contribution is 0.936. The third-order valence-corrected chi connectivity index (χ3v) is 4.15. The van der Waals surface area contributed by atoms with Gasteiger partial charge in [0.25, 0.3) is 0 Å². The van der Waals surface area contributed by atoms with E-state index in [4.69, 9.17) is 11.6 Å². The van der Waals surface area contributed by atoms with Gasteiger partial charge in [0.1, 0.15) is 0 Å². The summed E-state index contributed by atoms with van der Waals surface area (Å²) in [6, 6.07) is 12.6. The van der Waals surface area contributed by atoms with E-state index >= 15 is 0 Å². The first-order valence-electron chi connectivity index (χ1n) is 4.67. The molecule has 0 bridgehead atoms. The van der Waals surface area contributed by atoms with Crippen LogP contribution in [-0.2, 0) is 6.42 Å². The zero-order chi connectivity index (χ0) is 10.7. The number of benzene rings is 1. The van der Waals surface area contributed by atoms with Gasteiger partial charge in [0.05, 0.1) is 5.38 Å². The monoisotopic (exact) mass is 348 g/mol. The topological polar surface area (TPSA) is 0 Å². The smallest absolute Gasteiger partial charge is 0.0633 e. The molecule has 2 aromatic rings. The van der Waals surface area contributed by atoms with Crippen LogP contribution in [0.5, 0.6) is 0 Å². The standard InChI is InChI=1S/C12H10ClIS/c13-12(8-11-5-2-6-15-11)9-3-1-4-10(14)7-9/h1-7,12H,8H2. The molecule has 0 saturated carbocycles. The van der Waals surface area contributed by atoms with Crippen LogP contribution in [0.15, 0.2) is 41.8 Å². The predicted molar refractivity (Wildman–Crippen MR) is 75.8 cm³/mol. The van der Waals surface area contributed by atoms with Gasteiger partial charge in [0.2, 0.25) is 0 Å². The third-order valence-electron chi connectivity index (χ3n) is 2.17. The number of halogens is 2. The normalized spacial score (nSPS) is 12.7. The van der Waals surface area contributed by atoms with Crippen molar-refractivity contribution < 1.29 is 0 Å². The van der Waals surface area contributed by atoms with Gasteiger partial charge in [-0.15, -0.1) is 22.9 Å². The Hall–Kier alpha value is -0.0600. The first kappa shape index (κ1) is 11.4. The van der Waals surface area contributed by atoms with E-state index in [1.54, 1.807) is 11.3 Å². The van der Waals surface area contributed by atoms with Gasteiger partial charge < -0.3 is 0 Å². The Balaban J connectivity index is 2.11. The van der Waals surface area contributed by atoms with E-state index in [-0.39, 0.29) is 5.38 Å². The predicted octanol–water partition coefficient (Wildman–Crippen LogP) is 4.88. The molecular weight excluding hydrogens is 339 g/mol. The molecule has 15 heavy (non-hydrogen) atoms. The summed E-state index contributed by atoms with van der Waals surface area (Å²) >= 11 is 10.4. The molecule has 2 rings (SSSR count). The van der Waals surface area contributed by atoms with Gasteiger partial charge in [-0.25, -0.2) is 0 Å². The summed E-state index contributed by atoms with van der Waals surface area (Å²) < 4.78 is 1.24. The molecule has 3 heteroatoms. The van der Waals surface area contributed by atoms with Crippen molar-refractivity contribution in [3.63, 3.8) is 0 Å². The number of hydrogen-bond donors (Lipinski definition) is 0. The van der Waals surface area contributed by atoms with Crippen LogP contribution < -0.4 is 0 Å². The maximum atomic E-state index is 6.37. The minimum Gasteiger partial charge on any atom is -0.149 e. The van der Waals surface area contributed by atoms with Crippen LogP contribution >= 0.6 is 45.5 Å². The molecule has 0 nitrogen and oxygen atoms in total. The van der Waals surface area contributed by atoms with Gasteiger partial charge >= 0.3 is 0 Å². The Morgan fingerprint density at radius 1 is 1.27 bits per heavy atom. The molecule has 1 atom stereocenters. The van der Waals surface area contributed by atoms with E-state index in [0.717, 1.165) is 6.42 Å². The molecule has 0 aliphatic heterocycles. The molecule has 1 aromatic heterocycles. The number of hydrogen-bond acceptors (Lipinski definition) is 1. The fourth-order valence-corrected chi connectivity index (χ4v) is 3.14. The Bertz CT molecular complexity index is 425. The Morgan fingerprint density at radius 2 is 2.13 bits per heavy atom. The van der Waals surface area contributed by atoms with E-state index in [9.17, 15) is 0 Å². The second kappa shape index (κ2) is 5.32. The van der Waals surface area contributed by atoms with Crippen LogP contribution in [0.1, 0.15) is 15.8 Å². The van der Waals surface area contributed by atoms with Crippen LogP contribution in [0.2, 0.25) is 0 Å². The SMILES string of the molecule is ClC(Cc1cccs1)c1cccc(I)c1. The summed E-state index contributed by atoms with van der Waals surface area (Å²) in [5.74, 6) is 0. The molecule has 0 fully saturated rings. The van der Waals surface area contributed by atoms with E-state index < -0.39 is 0 Å². The molecule has 0 aliphatic rings. The van der Waals surface area contributed by atoms with Crippen molar-refractivity contribution in [2.45, 2.75) is 11.8 Å². The Kier molecular flexibility index (Phi) is 4.05. The van der Waals surface area contributed by atoms with Gasteiger partial charge in [0, 0.05) is 14.9 Å². The lowest BCUT2D eigenvalue weighted by Gasteiger charge is -2.08. The first-order chi connectivity index (χ1) is 7.25. The van der Waals surface area contributed by atoms with Crippen LogP contribution in [0.25, 0.3) is 0 Å². The largest absolute Gasteiger partial charge is 0.149 e. The maximum Gasteiger partial charge on any atom is 0.0633 e. The lowest BCUT2D eigenvalue weighted by Crippen LogP contribution is -1.94. The second-order valence-electron chi connectivity index (χ2n) is 3.31. The van der Waals surface area contributed by atoms with Gasteiger partial charge in [-0.05, 0) is 51.7 Å². The third kappa shape index (κ3) is 3.20. The molecule has 1 unspecified atom stereocenters. The molecule has 0 saturated heterocycles. The zero-order valence-electron chi connectivity index (χ0n) is 7.99. The highest BCUT2D eigenvalue weighted by Gasteiger charge is 2.09. The van der Waals surface area contributed by atoms with E-state index in [1.807, 2.05) is 0 Å². The molecule has 0 radical (unpaired) electrons. The number of alkyl halides is 1. The van der Waals surface area contributed by atoms with Gasteiger partial charge in [-0.2, -0.15) is 0 Å². The van der Waals surface area contributed by atoms with E-state index in [2.05, 4.69) is 64.4 Å². The van der Waals surface area contributed by atoms with Gasteiger partial charge in [0.15, 0.2) is 0 Å². The second-order valence-corrected chi connectivity index (χ2v) is 6.11. The van der Waals surface area contributed by atoms with Crippen LogP contribution in [0, 0.1) is 3.57 Å². The van der Waals surface area contributed by atoms with Crippen LogP contribution in [0.4, 0.5) is 0 Å². The van der Waals surface area contributed by atoms with Crippen molar-refractivity contribution in [2.24, 2.45) is 0 Å². The molecule has 1 aromatic carbocycles. The molecule has 0 N–H and O–H groups in total. The maximum absolute atomic E-state index is 6.37. The average Bonchev–Trinajstić information content (AvgIpc) is 2.70. The van der Waals surface area contributed by atoms with Crippen molar-refractivity contribution in [3.05, 3.63) is 55.8 Å². The zero-order valence-corrected chi connectivity index (χ0v) is 11.7. The average molecular weight is 349 g/mol. The quantitative estimate of drug-likeness (QED) is 0.548. The summed E-state index contributed by atoms with van der Waals surface area (Å²) in [6.45, 7) is 0. The molecule has 78 valence electrons. The highest BCUT2D eigenvalue weighted by Crippen LogP contribution is 2.27. The van der Waals surface area contributed by atoms with Crippen molar-refractivity contribution in [2.75, 3.05) is 0 Å². The van der Waals surface area contributed by atoms with Gasteiger partial charge in [-0.1, -0.05) is 18.2 Å². The highest BCUT2D eigenvalue weighted by atomic mass is 127. The van der Waals surface area contributed by atoms with Crippen LogP contribution in [0.3, 0.4) is 0 Å². The lowest BCUT2D eigenvalue weighted by atomic mass is 10.1.